The van der Waals surface area contributed by atoms with Crippen LogP contribution < -0.4 is 14.8 Å². The maximum absolute atomic E-state index is 12.3. The van der Waals surface area contributed by atoms with E-state index in [9.17, 15) is 10.1 Å². The number of carbonyl (C=O) groups is 1. The Bertz CT molecular complexity index is 855. The fourth-order valence-electron chi connectivity index (χ4n) is 2.21. The molecule has 0 fully saturated rings. The minimum absolute atomic E-state index is 0.00392. The van der Waals surface area contributed by atoms with Gasteiger partial charge in [0.05, 0.1) is 16.8 Å². The lowest BCUT2D eigenvalue weighted by Gasteiger charge is -2.16. The highest BCUT2D eigenvalue weighted by Crippen LogP contribution is 2.35. The van der Waals surface area contributed by atoms with E-state index < -0.39 is 5.91 Å². The second kappa shape index (κ2) is 9.25. The van der Waals surface area contributed by atoms with Gasteiger partial charge in [-0.3, -0.25) is 4.79 Å². The first-order valence-electron chi connectivity index (χ1n) is 7.97. The molecule has 0 bridgehead atoms. The van der Waals surface area contributed by atoms with Crippen molar-refractivity contribution in [1.29, 1.82) is 5.26 Å². The summed E-state index contributed by atoms with van der Waals surface area (Å²) in [5, 5.41) is 12.1. The Morgan fingerprint density at radius 1 is 1.27 bits per heavy atom. The van der Waals surface area contributed by atoms with Crippen molar-refractivity contribution < 1.29 is 14.3 Å². The van der Waals surface area contributed by atoms with Crippen LogP contribution in [-0.2, 0) is 4.79 Å². The van der Waals surface area contributed by atoms with E-state index in [1.54, 1.807) is 25.3 Å². The number of anilines is 1. The lowest BCUT2D eigenvalue weighted by molar-refractivity contribution is -0.112. The highest BCUT2D eigenvalue weighted by molar-refractivity contribution is 14.1. The van der Waals surface area contributed by atoms with Crippen LogP contribution in [0.25, 0.3) is 6.08 Å². The summed E-state index contributed by atoms with van der Waals surface area (Å²) in [5.41, 5.74) is 1.32. The predicted molar refractivity (Wildman–Crippen MR) is 110 cm³/mol. The zero-order chi connectivity index (χ0) is 19.1. The minimum atomic E-state index is -0.463. The molecule has 1 amide bonds. The van der Waals surface area contributed by atoms with Crippen molar-refractivity contribution in [2.75, 3.05) is 12.4 Å². The SMILES string of the molecule is COc1cc(/C=C(\C#N)C(=O)Nc2ccccc2)cc(I)c1OC(C)C. The number of halogens is 1. The molecule has 0 atom stereocenters. The van der Waals surface area contributed by atoms with Gasteiger partial charge < -0.3 is 14.8 Å². The lowest BCUT2D eigenvalue weighted by Crippen LogP contribution is -2.13. The minimum Gasteiger partial charge on any atom is -0.493 e. The molecule has 134 valence electrons. The van der Waals surface area contributed by atoms with Crippen molar-refractivity contribution in [3.8, 4) is 17.6 Å². The number of ether oxygens (including phenoxy) is 2. The molecule has 0 aromatic heterocycles. The quantitative estimate of drug-likeness (QED) is 0.386. The average Bonchev–Trinajstić information content (AvgIpc) is 2.62. The molecule has 0 spiro atoms. The molecule has 0 aliphatic heterocycles. The van der Waals surface area contributed by atoms with Crippen molar-refractivity contribution in [1.82, 2.24) is 0 Å². The number of nitrogens with one attached hydrogen (secondary N) is 1. The summed E-state index contributed by atoms with van der Waals surface area (Å²) < 4.78 is 12.0. The maximum Gasteiger partial charge on any atom is 0.266 e. The predicted octanol–water partition coefficient (Wildman–Crippen LogP) is 4.63. The van der Waals surface area contributed by atoms with Crippen LogP contribution in [0.2, 0.25) is 0 Å². The van der Waals surface area contributed by atoms with Gasteiger partial charge in [0.15, 0.2) is 11.5 Å². The van der Waals surface area contributed by atoms with Gasteiger partial charge in [0, 0.05) is 5.69 Å². The van der Waals surface area contributed by atoms with Gasteiger partial charge in [-0.2, -0.15) is 5.26 Å². The molecule has 0 aliphatic carbocycles. The summed E-state index contributed by atoms with van der Waals surface area (Å²) in [5.74, 6) is 0.736. The van der Waals surface area contributed by atoms with Gasteiger partial charge in [-0.05, 0) is 72.3 Å². The first-order valence-corrected chi connectivity index (χ1v) is 9.05. The fraction of sp³-hybridized carbons (Fsp3) is 0.200. The molecule has 0 radical (unpaired) electrons. The molecular formula is C20H19IN2O3. The topological polar surface area (TPSA) is 71.3 Å². The summed E-state index contributed by atoms with van der Waals surface area (Å²) in [7, 11) is 1.55. The smallest absolute Gasteiger partial charge is 0.266 e. The Kier molecular flexibility index (Phi) is 7.04. The van der Waals surface area contributed by atoms with Gasteiger partial charge in [-0.1, -0.05) is 18.2 Å². The van der Waals surface area contributed by atoms with Gasteiger partial charge in [0.2, 0.25) is 0 Å². The van der Waals surface area contributed by atoms with Gasteiger partial charge in [-0.15, -0.1) is 0 Å². The van der Waals surface area contributed by atoms with Crippen molar-refractivity contribution in [3.05, 3.63) is 57.2 Å². The molecule has 2 rings (SSSR count). The maximum atomic E-state index is 12.3. The summed E-state index contributed by atoms with van der Waals surface area (Å²) in [6.45, 7) is 3.87. The van der Waals surface area contributed by atoms with E-state index in [4.69, 9.17) is 9.47 Å². The third-order valence-corrected chi connectivity index (χ3v) is 4.11. The molecule has 5 nitrogen and oxygen atoms in total. The van der Waals surface area contributed by atoms with Gasteiger partial charge in [0.25, 0.3) is 5.91 Å². The van der Waals surface area contributed by atoms with Crippen LogP contribution in [0.15, 0.2) is 48.0 Å². The van der Waals surface area contributed by atoms with Crippen molar-refractivity contribution in [2.24, 2.45) is 0 Å². The molecule has 2 aromatic rings. The standard InChI is InChI=1S/C20H19IN2O3/c1-13(2)26-19-17(21)10-14(11-18(19)25-3)9-15(12-22)20(24)23-16-7-5-4-6-8-16/h4-11,13H,1-3H3,(H,23,24)/b15-9+. The number of benzene rings is 2. The van der Waals surface area contributed by atoms with E-state index in [1.807, 2.05) is 44.2 Å². The molecule has 26 heavy (non-hydrogen) atoms. The van der Waals surface area contributed by atoms with Crippen molar-refractivity contribution >= 4 is 40.3 Å². The van der Waals surface area contributed by atoms with E-state index in [0.717, 1.165) is 3.57 Å². The van der Waals surface area contributed by atoms with Gasteiger partial charge in [0.1, 0.15) is 11.6 Å². The van der Waals surface area contributed by atoms with Crippen LogP contribution in [0.3, 0.4) is 0 Å². The zero-order valence-electron chi connectivity index (χ0n) is 14.7. The number of rotatable bonds is 6. The van der Waals surface area contributed by atoms with E-state index in [-0.39, 0.29) is 11.7 Å². The number of methoxy groups -OCH3 is 1. The third-order valence-electron chi connectivity index (χ3n) is 3.31. The molecule has 0 aliphatic rings. The van der Waals surface area contributed by atoms with E-state index in [1.165, 1.54) is 6.08 Å². The summed E-state index contributed by atoms with van der Waals surface area (Å²) >= 11 is 2.15. The molecule has 0 saturated carbocycles. The monoisotopic (exact) mass is 462 g/mol. The van der Waals surface area contributed by atoms with Crippen LogP contribution in [0.5, 0.6) is 11.5 Å². The molecular weight excluding hydrogens is 443 g/mol. The Morgan fingerprint density at radius 3 is 2.54 bits per heavy atom. The highest BCUT2D eigenvalue weighted by Gasteiger charge is 2.14. The number of hydrogen-bond acceptors (Lipinski definition) is 4. The summed E-state index contributed by atoms with van der Waals surface area (Å²) in [4.78, 5) is 12.3. The van der Waals surface area contributed by atoms with Gasteiger partial charge >= 0.3 is 0 Å². The lowest BCUT2D eigenvalue weighted by atomic mass is 10.1. The van der Waals surface area contributed by atoms with Crippen LogP contribution in [-0.4, -0.2) is 19.1 Å². The Balaban J connectivity index is 2.32. The Morgan fingerprint density at radius 2 is 1.96 bits per heavy atom. The van der Waals surface area contributed by atoms with Crippen LogP contribution in [0, 0.1) is 14.9 Å². The molecule has 0 unspecified atom stereocenters. The molecule has 0 saturated heterocycles. The first-order chi connectivity index (χ1) is 12.4. The summed E-state index contributed by atoms with van der Waals surface area (Å²) in [6.07, 6.45) is 1.53. The number of nitrogens with zero attached hydrogens (tertiary/aromatic N) is 1. The van der Waals surface area contributed by atoms with Crippen molar-refractivity contribution in [2.45, 2.75) is 20.0 Å². The van der Waals surface area contributed by atoms with Crippen LogP contribution >= 0.6 is 22.6 Å². The summed E-state index contributed by atoms with van der Waals surface area (Å²) in [6, 6.07) is 14.5. The fourth-order valence-corrected chi connectivity index (χ4v) is 2.96. The van der Waals surface area contributed by atoms with Crippen LogP contribution in [0.4, 0.5) is 5.69 Å². The largest absolute Gasteiger partial charge is 0.493 e. The third kappa shape index (κ3) is 5.23. The highest BCUT2D eigenvalue weighted by atomic mass is 127. The normalized spacial score (nSPS) is 11.0. The molecule has 0 heterocycles. The number of para-hydroxylation sites is 1. The number of hydrogen-bond donors (Lipinski definition) is 1. The van der Waals surface area contributed by atoms with E-state index in [0.29, 0.717) is 22.7 Å². The molecule has 1 N–H and O–H groups in total. The number of carbonyl (C=O) groups excluding carboxylic acids is 1. The van der Waals surface area contributed by atoms with E-state index in [2.05, 4.69) is 27.9 Å². The molecule has 6 heteroatoms. The second-order valence-corrected chi connectivity index (χ2v) is 6.85. The van der Waals surface area contributed by atoms with Crippen LogP contribution in [0.1, 0.15) is 19.4 Å². The number of nitriles is 1. The number of amides is 1. The van der Waals surface area contributed by atoms with E-state index >= 15 is 0 Å². The Hall–Kier alpha value is -2.53. The van der Waals surface area contributed by atoms with Gasteiger partial charge in [-0.25, -0.2) is 0 Å². The average molecular weight is 462 g/mol. The Labute approximate surface area is 166 Å². The molecule has 2 aromatic carbocycles. The second-order valence-electron chi connectivity index (χ2n) is 5.69. The zero-order valence-corrected chi connectivity index (χ0v) is 16.9. The van der Waals surface area contributed by atoms with Crippen molar-refractivity contribution in [3.63, 3.8) is 0 Å². The first kappa shape index (κ1) is 19.8.